The van der Waals surface area contributed by atoms with E-state index in [1.54, 1.807) is 6.92 Å². The van der Waals surface area contributed by atoms with E-state index in [9.17, 15) is 17.4 Å². The molecule has 0 spiro atoms. The van der Waals surface area contributed by atoms with Gasteiger partial charge in [0.2, 0.25) is 5.95 Å². The lowest BCUT2D eigenvalue weighted by Crippen LogP contribution is -2.20. The number of hydrazine groups is 1. The van der Waals surface area contributed by atoms with Gasteiger partial charge in [0, 0.05) is 17.8 Å². The van der Waals surface area contributed by atoms with E-state index in [1.807, 2.05) is 6.92 Å². The molecule has 0 radical (unpaired) electrons. The monoisotopic (exact) mass is 403 g/mol. The average molecular weight is 403 g/mol. The van der Waals surface area contributed by atoms with Gasteiger partial charge in [0.15, 0.2) is 11.5 Å². The van der Waals surface area contributed by atoms with Crippen molar-refractivity contribution in [2.75, 3.05) is 16.2 Å². The van der Waals surface area contributed by atoms with Crippen molar-refractivity contribution in [2.45, 2.75) is 32.5 Å². The van der Waals surface area contributed by atoms with Gasteiger partial charge in [-0.05, 0) is 37.6 Å². The average Bonchev–Trinajstić information content (AvgIpc) is 2.59. The molecule has 0 amide bonds. The van der Waals surface area contributed by atoms with Crippen LogP contribution in [-0.2, 0) is 21.3 Å². The van der Waals surface area contributed by atoms with E-state index in [1.165, 1.54) is 24.3 Å². The maximum Gasteiger partial charge on any atom is 0.433 e. The summed E-state index contributed by atoms with van der Waals surface area (Å²) in [5.41, 5.74) is 4.97. The molecule has 8 nitrogen and oxygen atoms in total. The van der Waals surface area contributed by atoms with Crippen LogP contribution in [-0.4, -0.2) is 20.6 Å². The normalized spacial score (nSPS) is 13.9. The second-order valence-corrected chi connectivity index (χ2v) is 6.18. The zero-order valence-electron chi connectivity index (χ0n) is 14.4. The first-order valence-electron chi connectivity index (χ1n) is 7.85. The van der Waals surface area contributed by atoms with Crippen molar-refractivity contribution < 1.29 is 21.9 Å². The molecule has 2 rings (SSSR count). The highest BCUT2D eigenvalue weighted by atomic mass is 32.2. The summed E-state index contributed by atoms with van der Waals surface area (Å²) in [6, 6.07) is 6.69. The lowest BCUT2D eigenvalue weighted by molar-refractivity contribution is -0.141. The van der Waals surface area contributed by atoms with Crippen LogP contribution in [0.2, 0.25) is 0 Å². The largest absolute Gasteiger partial charge is 0.454 e. The maximum absolute atomic E-state index is 13.1. The Hall–Kier alpha value is -2.60. The van der Waals surface area contributed by atoms with Gasteiger partial charge in [-0.3, -0.25) is 10.9 Å². The standard InChI is InChI=1S/C15H18F3N6O2S/c1-3-9(2)19-14-20-12(15(16,17)18)8-13(21-14)23-22-10-4-6-11(7-5-10)24-27(25)26/h4-9,22H,3H2,1-2H3,(H,24,25,26)(H2,19,20,21,23)/q-1/t9-/m1/s1. The van der Waals surface area contributed by atoms with Crippen LogP contribution in [0.25, 0.3) is 0 Å². The van der Waals surface area contributed by atoms with Crippen LogP contribution in [0.3, 0.4) is 0 Å². The number of benzene rings is 1. The molecular formula is C15H18F3N6O2S-. The predicted molar refractivity (Wildman–Crippen MR) is 96.9 cm³/mol. The molecule has 0 bridgehead atoms. The van der Waals surface area contributed by atoms with Crippen LogP contribution in [0, 0.1) is 0 Å². The minimum absolute atomic E-state index is 0.0756. The summed E-state index contributed by atoms with van der Waals surface area (Å²) in [6.45, 7) is 3.69. The molecule has 2 aromatic rings. The molecule has 0 aliphatic carbocycles. The number of anilines is 3. The smallest absolute Gasteiger partial charge is 0.433 e. The fraction of sp³-hybridized carbons (Fsp3) is 0.333. The molecule has 1 aromatic carbocycles. The second kappa shape index (κ2) is 8.86. The maximum atomic E-state index is 13.1. The summed E-state index contributed by atoms with van der Waals surface area (Å²) < 4.78 is 61.9. The predicted octanol–water partition coefficient (Wildman–Crippen LogP) is 4.40. The van der Waals surface area contributed by atoms with Crippen LogP contribution >= 0.6 is 0 Å². The molecule has 1 atom stereocenters. The molecule has 0 fully saturated rings. The summed E-state index contributed by atoms with van der Waals surface area (Å²) in [4.78, 5) is 7.53. The third-order valence-corrected chi connectivity index (χ3v) is 3.76. The van der Waals surface area contributed by atoms with E-state index in [0.29, 0.717) is 12.1 Å². The molecule has 0 unspecified atom stereocenters. The number of hydrogen-bond donors (Lipinski definition) is 4. The van der Waals surface area contributed by atoms with Gasteiger partial charge in [-0.1, -0.05) is 17.8 Å². The van der Waals surface area contributed by atoms with E-state index in [0.717, 1.165) is 6.07 Å². The van der Waals surface area contributed by atoms with E-state index >= 15 is 0 Å². The molecule has 148 valence electrons. The minimum Gasteiger partial charge on any atom is -0.454 e. The van der Waals surface area contributed by atoms with Gasteiger partial charge in [0.05, 0.1) is 5.69 Å². The third-order valence-electron chi connectivity index (χ3n) is 3.39. The molecule has 0 aliphatic rings. The van der Waals surface area contributed by atoms with Crippen molar-refractivity contribution in [1.29, 1.82) is 0 Å². The SMILES string of the molecule is CC[C@@H](C)Nc1nc(NNc2ccc(N=[S-](=O)O)cc2)cc(C(F)(F)F)n1. The van der Waals surface area contributed by atoms with E-state index in [4.69, 9.17) is 4.55 Å². The highest BCUT2D eigenvalue weighted by Crippen LogP contribution is 2.30. The quantitative estimate of drug-likeness (QED) is 0.308. The van der Waals surface area contributed by atoms with Crippen molar-refractivity contribution in [2.24, 2.45) is 4.36 Å². The van der Waals surface area contributed by atoms with Crippen molar-refractivity contribution in [3.63, 3.8) is 0 Å². The lowest BCUT2D eigenvalue weighted by Gasteiger charge is -2.16. The van der Waals surface area contributed by atoms with E-state index in [2.05, 4.69) is 30.5 Å². The summed E-state index contributed by atoms with van der Waals surface area (Å²) in [5.74, 6) is -0.212. The fourth-order valence-corrected chi connectivity index (χ4v) is 2.18. The van der Waals surface area contributed by atoms with Crippen LogP contribution < -0.4 is 16.2 Å². The first-order valence-corrected chi connectivity index (χ1v) is 8.91. The molecular weight excluding hydrogens is 385 g/mol. The van der Waals surface area contributed by atoms with Crippen molar-refractivity contribution >= 4 is 34.0 Å². The van der Waals surface area contributed by atoms with Crippen LogP contribution in [0.5, 0.6) is 0 Å². The molecule has 0 saturated carbocycles. The Kier molecular flexibility index (Phi) is 6.80. The molecule has 1 heterocycles. The van der Waals surface area contributed by atoms with Crippen LogP contribution in [0.1, 0.15) is 26.0 Å². The van der Waals surface area contributed by atoms with Gasteiger partial charge in [-0.2, -0.15) is 18.2 Å². The third kappa shape index (κ3) is 6.57. The van der Waals surface area contributed by atoms with Crippen LogP contribution in [0.15, 0.2) is 34.7 Å². The number of alkyl halides is 3. The molecule has 27 heavy (non-hydrogen) atoms. The number of hydrogen-bond acceptors (Lipinski definition) is 8. The number of halogens is 3. The Balaban J connectivity index is 2.18. The fourth-order valence-electron chi connectivity index (χ4n) is 1.88. The van der Waals surface area contributed by atoms with Crippen molar-refractivity contribution in [1.82, 2.24) is 9.97 Å². The molecule has 12 heteroatoms. The Morgan fingerprint density at radius 1 is 1.22 bits per heavy atom. The summed E-state index contributed by atoms with van der Waals surface area (Å²) in [6.07, 6.45) is -3.93. The lowest BCUT2D eigenvalue weighted by atomic mass is 10.3. The van der Waals surface area contributed by atoms with E-state index < -0.39 is 22.7 Å². The highest BCUT2D eigenvalue weighted by Gasteiger charge is 2.33. The Morgan fingerprint density at radius 2 is 1.89 bits per heavy atom. The molecule has 4 N–H and O–H groups in total. The molecule has 0 saturated heterocycles. The summed E-state index contributed by atoms with van der Waals surface area (Å²) >= 11 is 0. The van der Waals surface area contributed by atoms with E-state index in [-0.39, 0.29) is 23.5 Å². The Bertz CT molecular complexity index is 854. The number of nitrogens with one attached hydrogen (secondary N) is 3. The second-order valence-electron chi connectivity index (χ2n) is 5.53. The van der Waals surface area contributed by atoms with Crippen LogP contribution in [0.4, 0.5) is 36.3 Å². The highest BCUT2D eigenvalue weighted by molar-refractivity contribution is 7.68. The van der Waals surface area contributed by atoms with Crippen molar-refractivity contribution in [3.05, 3.63) is 36.0 Å². The van der Waals surface area contributed by atoms with Gasteiger partial charge in [0.25, 0.3) is 0 Å². The summed E-state index contributed by atoms with van der Waals surface area (Å²) in [7, 11) is -2.32. The van der Waals surface area contributed by atoms with Crippen molar-refractivity contribution in [3.8, 4) is 0 Å². The van der Waals surface area contributed by atoms with Gasteiger partial charge < -0.3 is 18.4 Å². The van der Waals surface area contributed by atoms with Gasteiger partial charge in [0.1, 0.15) is 0 Å². The van der Waals surface area contributed by atoms with Gasteiger partial charge in [-0.15, -0.1) is 0 Å². The zero-order chi connectivity index (χ0) is 20.0. The topological polar surface area (TPSA) is 112 Å². The summed E-state index contributed by atoms with van der Waals surface area (Å²) in [5, 5.41) is 2.81. The number of aromatic nitrogens is 2. The van der Waals surface area contributed by atoms with Gasteiger partial charge >= 0.3 is 6.18 Å². The first kappa shape index (κ1) is 20.7. The Morgan fingerprint density at radius 3 is 2.44 bits per heavy atom. The molecule has 1 aromatic heterocycles. The zero-order valence-corrected chi connectivity index (χ0v) is 15.2. The first-order chi connectivity index (χ1) is 12.7. The number of nitrogens with zero attached hydrogens (tertiary/aromatic N) is 3. The minimum atomic E-state index is -4.62. The molecule has 0 aliphatic heterocycles. The Labute approximate surface area is 155 Å². The number of rotatable bonds is 7. The van der Waals surface area contributed by atoms with Gasteiger partial charge in [-0.25, -0.2) is 4.98 Å².